The quantitative estimate of drug-likeness (QED) is 0.797. The molecule has 1 aromatic heterocycles. The summed E-state index contributed by atoms with van der Waals surface area (Å²) in [7, 11) is 0. The number of urea groups is 1. The van der Waals surface area contributed by atoms with Gasteiger partial charge in [0, 0.05) is 4.88 Å². The molecule has 1 heterocycles. The second-order valence-electron chi connectivity index (χ2n) is 5.62. The van der Waals surface area contributed by atoms with Crippen molar-refractivity contribution in [3.8, 4) is 0 Å². The van der Waals surface area contributed by atoms with Crippen molar-refractivity contribution in [1.82, 2.24) is 10.6 Å². The van der Waals surface area contributed by atoms with Crippen molar-refractivity contribution in [2.45, 2.75) is 39.8 Å². The number of hydrogen-bond donors (Lipinski definition) is 3. The van der Waals surface area contributed by atoms with Gasteiger partial charge in [0.25, 0.3) is 0 Å². The molecule has 0 spiro atoms. The monoisotopic (exact) mass is 318 g/mol. The molecule has 0 saturated heterocycles. The average molecular weight is 319 g/mol. The fourth-order valence-corrected chi connectivity index (χ4v) is 2.71. The van der Waals surface area contributed by atoms with Crippen LogP contribution in [0.1, 0.15) is 38.6 Å². The zero-order valence-corrected chi connectivity index (χ0v) is 13.4. The molecular formula is C13H19ClN2O3S. The standard InChI is InChI=1S/C13H19ClN2O3S/c1-7(8-5-6-9(14)20-8)15-12(19)16-10(11(17)18)13(2,3)4/h5-7,10H,1-4H3,(H,17,18)(H2,15,16,19)/t7?,10-/m1/s1. The van der Waals surface area contributed by atoms with Crippen molar-refractivity contribution in [2.24, 2.45) is 5.41 Å². The van der Waals surface area contributed by atoms with Crippen LogP contribution in [0.15, 0.2) is 12.1 Å². The molecule has 7 heteroatoms. The second-order valence-corrected chi connectivity index (χ2v) is 7.37. The topological polar surface area (TPSA) is 78.4 Å². The molecule has 0 fully saturated rings. The molecule has 2 atom stereocenters. The fourth-order valence-electron chi connectivity index (χ4n) is 1.65. The first kappa shape index (κ1) is 16.8. The number of amides is 2. The van der Waals surface area contributed by atoms with Gasteiger partial charge in [-0.3, -0.25) is 0 Å². The lowest BCUT2D eigenvalue weighted by Gasteiger charge is -2.28. The van der Waals surface area contributed by atoms with Gasteiger partial charge >= 0.3 is 12.0 Å². The van der Waals surface area contributed by atoms with E-state index in [2.05, 4.69) is 10.6 Å². The van der Waals surface area contributed by atoms with Gasteiger partial charge < -0.3 is 15.7 Å². The highest BCUT2D eigenvalue weighted by atomic mass is 35.5. The van der Waals surface area contributed by atoms with E-state index in [0.29, 0.717) is 4.34 Å². The molecule has 0 aliphatic heterocycles. The number of rotatable bonds is 4. The third kappa shape index (κ3) is 4.68. The van der Waals surface area contributed by atoms with Crippen LogP contribution in [-0.2, 0) is 4.79 Å². The molecule has 112 valence electrons. The normalized spacial score (nSPS) is 14.4. The minimum atomic E-state index is -1.06. The molecule has 2 amide bonds. The summed E-state index contributed by atoms with van der Waals surface area (Å²) < 4.78 is 0.646. The largest absolute Gasteiger partial charge is 0.480 e. The molecule has 1 rings (SSSR count). The number of hydrogen-bond acceptors (Lipinski definition) is 3. The van der Waals surface area contributed by atoms with Gasteiger partial charge in [-0.2, -0.15) is 0 Å². The van der Waals surface area contributed by atoms with Crippen LogP contribution in [0, 0.1) is 5.41 Å². The van der Waals surface area contributed by atoms with Crippen LogP contribution in [0.5, 0.6) is 0 Å². The van der Waals surface area contributed by atoms with E-state index < -0.39 is 23.5 Å². The summed E-state index contributed by atoms with van der Waals surface area (Å²) in [6, 6.07) is 1.89. The van der Waals surface area contributed by atoms with Gasteiger partial charge in [0.15, 0.2) is 0 Å². The molecule has 1 aromatic rings. The second kappa shape index (κ2) is 6.45. The van der Waals surface area contributed by atoms with Gasteiger partial charge in [-0.1, -0.05) is 32.4 Å². The Bertz CT molecular complexity index is 496. The molecule has 0 radical (unpaired) electrons. The minimum absolute atomic E-state index is 0.234. The Labute approximate surface area is 127 Å². The summed E-state index contributed by atoms with van der Waals surface area (Å²) in [6.45, 7) is 7.09. The molecule has 3 N–H and O–H groups in total. The van der Waals surface area contributed by atoms with Crippen LogP contribution < -0.4 is 10.6 Å². The first-order valence-corrected chi connectivity index (χ1v) is 7.35. The number of carboxylic acids is 1. The third-order valence-corrected chi connectivity index (χ3v) is 4.17. The van der Waals surface area contributed by atoms with Gasteiger partial charge in [-0.05, 0) is 24.5 Å². The molecule has 5 nitrogen and oxygen atoms in total. The highest BCUT2D eigenvalue weighted by Crippen LogP contribution is 2.26. The van der Waals surface area contributed by atoms with Gasteiger partial charge in [-0.25, -0.2) is 9.59 Å². The summed E-state index contributed by atoms with van der Waals surface area (Å²) in [4.78, 5) is 24.0. The van der Waals surface area contributed by atoms with E-state index in [0.717, 1.165) is 4.88 Å². The van der Waals surface area contributed by atoms with Crippen LogP contribution >= 0.6 is 22.9 Å². The fraction of sp³-hybridized carbons (Fsp3) is 0.538. The van der Waals surface area contributed by atoms with E-state index in [9.17, 15) is 9.59 Å². The van der Waals surface area contributed by atoms with E-state index in [1.54, 1.807) is 26.8 Å². The predicted molar refractivity (Wildman–Crippen MR) is 80.3 cm³/mol. The smallest absolute Gasteiger partial charge is 0.326 e. The zero-order chi connectivity index (χ0) is 15.5. The van der Waals surface area contributed by atoms with Gasteiger partial charge in [0.2, 0.25) is 0 Å². The van der Waals surface area contributed by atoms with E-state index in [-0.39, 0.29) is 6.04 Å². The van der Waals surface area contributed by atoms with E-state index >= 15 is 0 Å². The number of nitrogens with one attached hydrogen (secondary N) is 2. The van der Waals surface area contributed by atoms with Crippen molar-refractivity contribution in [1.29, 1.82) is 0 Å². The Morgan fingerprint density at radius 1 is 1.30 bits per heavy atom. The van der Waals surface area contributed by atoms with Gasteiger partial charge in [0.05, 0.1) is 10.4 Å². The molecule has 0 aromatic carbocycles. The zero-order valence-electron chi connectivity index (χ0n) is 11.9. The van der Waals surface area contributed by atoms with E-state index in [1.165, 1.54) is 11.3 Å². The molecule has 1 unspecified atom stereocenters. The minimum Gasteiger partial charge on any atom is -0.480 e. The lowest BCUT2D eigenvalue weighted by atomic mass is 9.87. The molecule has 0 aliphatic rings. The molecule has 0 saturated carbocycles. The SMILES string of the molecule is CC(NC(=O)N[C@H](C(=O)O)C(C)(C)C)c1ccc(Cl)s1. The highest BCUT2D eigenvalue weighted by molar-refractivity contribution is 7.16. The van der Waals surface area contributed by atoms with Crippen molar-refractivity contribution in [3.63, 3.8) is 0 Å². The lowest BCUT2D eigenvalue weighted by Crippen LogP contribution is -2.52. The van der Waals surface area contributed by atoms with E-state index in [1.807, 2.05) is 13.0 Å². The van der Waals surface area contributed by atoms with Crippen molar-refractivity contribution in [2.75, 3.05) is 0 Å². The summed E-state index contributed by atoms with van der Waals surface area (Å²) in [5, 5.41) is 14.3. The van der Waals surface area contributed by atoms with Gasteiger partial charge in [-0.15, -0.1) is 11.3 Å². The van der Waals surface area contributed by atoms with Crippen molar-refractivity contribution >= 4 is 34.9 Å². The molecule has 20 heavy (non-hydrogen) atoms. The number of carbonyl (C=O) groups excluding carboxylic acids is 1. The third-order valence-electron chi connectivity index (χ3n) is 2.76. The van der Waals surface area contributed by atoms with Crippen LogP contribution in [0.4, 0.5) is 4.79 Å². The Kier molecular flexibility index (Phi) is 5.42. The van der Waals surface area contributed by atoms with Crippen LogP contribution in [-0.4, -0.2) is 23.1 Å². The highest BCUT2D eigenvalue weighted by Gasteiger charge is 2.32. The van der Waals surface area contributed by atoms with Crippen molar-refractivity contribution in [3.05, 3.63) is 21.3 Å². The van der Waals surface area contributed by atoms with Gasteiger partial charge in [0.1, 0.15) is 6.04 Å². The van der Waals surface area contributed by atoms with Crippen LogP contribution in [0.25, 0.3) is 0 Å². The molecule has 0 bridgehead atoms. The van der Waals surface area contributed by atoms with Crippen LogP contribution in [0.3, 0.4) is 0 Å². The number of carboxylic acid groups (broad SMARTS) is 1. The first-order chi connectivity index (χ1) is 9.11. The Morgan fingerprint density at radius 2 is 1.90 bits per heavy atom. The molecular weight excluding hydrogens is 300 g/mol. The number of halogens is 1. The summed E-state index contributed by atoms with van der Waals surface area (Å²) in [5.41, 5.74) is -0.571. The summed E-state index contributed by atoms with van der Waals surface area (Å²) >= 11 is 7.21. The Hall–Kier alpha value is -1.27. The summed E-state index contributed by atoms with van der Waals surface area (Å²) in [5.74, 6) is -1.06. The maximum absolute atomic E-state index is 11.9. The maximum Gasteiger partial charge on any atom is 0.326 e. The Balaban J connectivity index is 2.65. The Morgan fingerprint density at radius 3 is 2.30 bits per heavy atom. The number of thiophene rings is 1. The number of aliphatic carboxylic acids is 1. The first-order valence-electron chi connectivity index (χ1n) is 6.16. The van der Waals surface area contributed by atoms with Crippen LogP contribution in [0.2, 0.25) is 4.34 Å². The van der Waals surface area contributed by atoms with E-state index in [4.69, 9.17) is 16.7 Å². The predicted octanol–water partition coefficient (Wildman–Crippen LogP) is 3.26. The maximum atomic E-state index is 11.9. The molecule has 0 aliphatic carbocycles. The average Bonchev–Trinajstić information content (AvgIpc) is 2.70. The number of carbonyl (C=O) groups is 2. The lowest BCUT2D eigenvalue weighted by molar-refractivity contribution is -0.141. The summed E-state index contributed by atoms with van der Waals surface area (Å²) in [6.07, 6.45) is 0. The van der Waals surface area contributed by atoms with Crippen molar-refractivity contribution < 1.29 is 14.7 Å².